The molecule has 0 aliphatic heterocycles. The van der Waals surface area contributed by atoms with Crippen LogP contribution in [0.5, 0.6) is 5.75 Å². The van der Waals surface area contributed by atoms with Gasteiger partial charge in [-0.05, 0) is 44.2 Å². The Labute approximate surface area is 195 Å². The van der Waals surface area contributed by atoms with Crippen LogP contribution < -0.4 is 10.1 Å². The number of aliphatic hydroxyl groups excluding tert-OH is 1. The van der Waals surface area contributed by atoms with Crippen molar-refractivity contribution in [3.8, 4) is 17.0 Å². The van der Waals surface area contributed by atoms with Gasteiger partial charge < -0.3 is 15.2 Å². The van der Waals surface area contributed by atoms with Crippen molar-refractivity contribution in [3.05, 3.63) is 64.3 Å². The van der Waals surface area contributed by atoms with Crippen molar-refractivity contribution < 1.29 is 36.6 Å². The van der Waals surface area contributed by atoms with Crippen molar-refractivity contribution in [2.24, 2.45) is 7.05 Å². The van der Waals surface area contributed by atoms with Crippen molar-refractivity contribution in [1.29, 1.82) is 0 Å². The third-order valence-electron chi connectivity index (χ3n) is 4.90. The van der Waals surface area contributed by atoms with E-state index in [1.807, 2.05) is 0 Å². The molecule has 0 aliphatic rings. The highest BCUT2D eigenvalue weighted by molar-refractivity contribution is 6.34. The van der Waals surface area contributed by atoms with E-state index in [4.69, 9.17) is 16.3 Å². The summed E-state index contributed by atoms with van der Waals surface area (Å²) >= 11 is 5.88. The summed E-state index contributed by atoms with van der Waals surface area (Å²) in [5.74, 6) is -3.67. The van der Waals surface area contributed by atoms with Gasteiger partial charge in [0.05, 0.1) is 33.8 Å². The molecule has 0 saturated heterocycles. The quantitative estimate of drug-likeness (QED) is 0.426. The van der Waals surface area contributed by atoms with Crippen molar-refractivity contribution >= 4 is 23.2 Å². The van der Waals surface area contributed by atoms with Crippen LogP contribution in [-0.2, 0) is 7.05 Å². The number of benzene rings is 2. The van der Waals surface area contributed by atoms with Crippen LogP contribution in [0.1, 0.15) is 36.0 Å². The highest BCUT2D eigenvalue weighted by Gasteiger charge is 2.39. The molecule has 182 valence electrons. The predicted octanol–water partition coefficient (Wildman–Crippen LogP) is 5.65. The van der Waals surface area contributed by atoms with Gasteiger partial charge in [-0.15, -0.1) is 0 Å². The minimum Gasteiger partial charge on any atom is -0.480 e. The number of nitrogens with one attached hydrogen (secondary N) is 1. The third kappa shape index (κ3) is 5.31. The van der Waals surface area contributed by atoms with E-state index in [0.717, 1.165) is 12.1 Å². The van der Waals surface area contributed by atoms with Crippen LogP contribution in [-0.4, -0.2) is 33.1 Å². The number of alkyl halides is 3. The monoisotopic (exact) mass is 503 g/mol. The summed E-state index contributed by atoms with van der Waals surface area (Å²) in [6, 6.07) is 6.48. The zero-order valence-electron chi connectivity index (χ0n) is 18.0. The number of anilines is 1. The summed E-state index contributed by atoms with van der Waals surface area (Å²) < 4.78 is 74.8. The summed E-state index contributed by atoms with van der Waals surface area (Å²) in [4.78, 5) is 12.8. The number of rotatable bonds is 6. The lowest BCUT2D eigenvalue weighted by Crippen LogP contribution is -2.32. The number of nitrogens with zero attached hydrogens (tertiary/aromatic N) is 2. The summed E-state index contributed by atoms with van der Waals surface area (Å²) in [6.07, 6.45) is -8.10. The average Bonchev–Trinajstić information content (AvgIpc) is 3.12. The highest BCUT2D eigenvalue weighted by Crippen LogP contribution is 2.35. The Morgan fingerprint density at radius 3 is 2.41 bits per heavy atom. The topological polar surface area (TPSA) is 76.4 Å². The fourth-order valence-corrected chi connectivity index (χ4v) is 3.29. The number of halogens is 6. The summed E-state index contributed by atoms with van der Waals surface area (Å²) in [7, 11) is 1.49. The molecule has 34 heavy (non-hydrogen) atoms. The summed E-state index contributed by atoms with van der Waals surface area (Å²) in [5.41, 5.74) is -1.02. The molecule has 0 saturated carbocycles. The minimum absolute atomic E-state index is 0.00971. The third-order valence-corrected chi connectivity index (χ3v) is 5.21. The van der Waals surface area contributed by atoms with Gasteiger partial charge in [0.2, 0.25) is 0 Å². The van der Waals surface area contributed by atoms with Gasteiger partial charge in [0.25, 0.3) is 5.91 Å². The Balaban J connectivity index is 2.10. The number of para-hydroxylation sites is 1. The zero-order chi connectivity index (χ0) is 25.4. The summed E-state index contributed by atoms with van der Waals surface area (Å²) in [5, 5.41) is 15.8. The Bertz CT molecular complexity index is 1210. The van der Waals surface area contributed by atoms with Crippen LogP contribution in [0.15, 0.2) is 36.4 Å². The van der Waals surface area contributed by atoms with E-state index in [2.05, 4.69) is 10.4 Å². The van der Waals surface area contributed by atoms with Gasteiger partial charge in [-0.25, -0.2) is 8.78 Å². The first-order valence-corrected chi connectivity index (χ1v) is 10.2. The van der Waals surface area contributed by atoms with Crippen molar-refractivity contribution in [3.63, 3.8) is 0 Å². The molecule has 2 unspecified atom stereocenters. The van der Waals surface area contributed by atoms with Crippen LogP contribution in [0.3, 0.4) is 0 Å². The van der Waals surface area contributed by atoms with Crippen LogP contribution in [0.25, 0.3) is 11.3 Å². The number of ether oxygens (including phenoxy) is 1. The molecule has 2 N–H and O–H groups in total. The van der Waals surface area contributed by atoms with Crippen LogP contribution >= 0.6 is 11.6 Å². The fraction of sp³-hybridized carbons (Fsp3) is 0.273. The molecular formula is C22H19ClF5N3O3. The lowest BCUT2D eigenvalue weighted by atomic mass is 10.0. The molecule has 0 aliphatic carbocycles. The highest BCUT2D eigenvalue weighted by atomic mass is 35.5. The van der Waals surface area contributed by atoms with E-state index in [1.54, 1.807) is 0 Å². The molecular weight excluding hydrogens is 485 g/mol. The Hall–Kier alpha value is -3.18. The first kappa shape index (κ1) is 25.4. The number of carbonyl (C=O) groups is 1. The van der Waals surface area contributed by atoms with Crippen molar-refractivity contribution in [1.82, 2.24) is 9.78 Å². The van der Waals surface area contributed by atoms with E-state index in [1.165, 1.54) is 36.9 Å². The molecule has 2 atom stereocenters. The number of hydrogen-bond acceptors (Lipinski definition) is 4. The molecule has 12 heteroatoms. The van der Waals surface area contributed by atoms with E-state index < -0.39 is 52.9 Å². The second-order valence-corrected chi connectivity index (χ2v) is 7.84. The lowest BCUT2D eigenvalue weighted by Gasteiger charge is -2.20. The maximum Gasteiger partial charge on any atom is 0.425 e. The Morgan fingerprint density at radius 2 is 1.85 bits per heavy atom. The Morgan fingerprint density at radius 1 is 1.18 bits per heavy atom. The van der Waals surface area contributed by atoms with Gasteiger partial charge in [0, 0.05) is 12.6 Å². The minimum atomic E-state index is -4.79. The predicted molar refractivity (Wildman–Crippen MR) is 115 cm³/mol. The average molecular weight is 504 g/mol. The number of aliphatic hydroxyl groups is 1. The molecule has 0 radical (unpaired) electrons. The first-order chi connectivity index (χ1) is 15.8. The molecule has 0 bridgehead atoms. The van der Waals surface area contributed by atoms with Crippen LogP contribution in [0.2, 0.25) is 5.02 Å². The molecule has 1 aromatic heterocycles. The summed E-state index contributed by atoms with van der Waals surface area (Å²) in [6.45, 7) is 2.17. The molecule has 0 spiro atoms. The smallest absolute Gasteiger partial charge is 0.425 e. The van der Waals surface area contributed by atoms with E-state index in [-0.39, 0.29) is 16.3 Å². The number of carbonyl (C=O) groups excluding carboxylic acids is 1. The molecule has 2 aromatic carbocycles. The van der Waals surface area contributed by atoms with Crippen LogP contribution in [0, 0.1) is 11.6 Å². The molecule has 3 rings (SSSR count). The number of hydrogen-bond donors (Lipinski definition) is 2. The van der Waals surface area contributed by atoms with E-state index in [0.29, 0.717) is 18.7 Å². The maximum atomic E-state index is 15.0. The van der Waals surface area contributed by atoms with Crippen LogP contribution in [0.4, 0.5) is 27.6 Å². The van der Waals surface area contributed by atoms with E-state index in [9.17, 15) is 27.5 Å². The number of aryl methyl sites for hydroxylation is 1. The fourth-order valence-electron chi connectivity index (χ4n) is 3.08. The van der Waals surface area contributed by atoms with Crippen molar-refractivity contribution in [2.45, 2.75) is 32.2 Å². The lowest BCUT2D eigenvalue weighted by molar-refractivity contribution is -0.189. The second kappa shape index (κ2) is 9.59. The van der Waals surface area contributed by atoms with Gasteiger partial charge in [-0.2, -0.15) is 18.3 Å². The SMILES string of the molecule is CC(O)c1cc(-c2cc(OC(C)C(F)(F)F)c(C(=O)Nc3c(F)cccc3Cl)cc2F)nn1C. The molecule has 3 aromatic rings. The van der Waals surface area contributed by atoms with Gasteiger partial charge in [0.15, 0.2) is 6.10 Å². The second-order valence-electron chi connectivity index (χ2n) is 7.43. The Kier molecular flexibility index (Phi) is 7.18. The first-order valence-electron chi connectivity index (χ1n) is 9.84. The molecule has 1 heterocycles. The largest absolute Gasteiger partial charge is 0.480 e. The van der Waals surface area contributed by atoms with Gasteiger partial charge in [0.1, 0.15) is 17.4 Å². The van der Waals surface area contributed by atoms with Crippen molar-refractivity contribution in [2.75, 3.05) is 5.32 Å². The van der Waals surface area contributed by atoms with Gasteiger partial charge in [-0.3, -0.25) is 9.48 Å². The molecule has 1 amide bonds. The maximum absolute atomic E-state index is 15.0. The zero-order valence-corrected chi connectivity index (χ0v) is 18.8. The number of aromatic nitrogens is 2. The molecule has 6 nitrogen and oxygen atoms in total. The van der Waals surface area contributed by atoms with Gasteiger partial charge in [-0.1, -0.05) is 17.7 Å². The van der Waals surface area contributed by atoms with E-state index >= 15 is 4.39 Å². The van der Waals surface area contributed by atoms with Gasteiger partial charge >= 0.3 is 6.18 Å². The molecule has 0 fully saturated rings. The standard InChI is InChI=1S/C22H19ClF5N3O3/c1-10(32)18-9-17(30-31(18)3)12-8-19(34-11(2)22(26,27)28)13(7-16(12)25)21(33)29-20-14(23)5-4-6-15(20)24/h4-11,32H,1-3H3,(H,29,33). The number of amides is 1. The normalized spacial score (nSPS) is 13.5.